The number of nitrogens with zero attached hydrogens (tertiary/aromatic N) is 3. The molecular formula is C20H17ClFN3O2. The van der Waals surface area contributed by atoms with Crippen LogP contribution in [0.5, 0.6) is 0 Å². The Morgan fingerprint density at radius 1 is 1.30 bits per heavy atom. The molecule has 7 heteroatoms. The summed E-state index contributed by atoms with van der Waals surface area (Å²) >= 11 is 5.84. The molecule has 3 heterocycles. The van der Waals surface area contributed by atoms with Crippen LogP contribution in [0.4, 0.5) is 4.39 Å². The van der Waals surface area contributed by atoms with Gasteiger partial charge >= 0.3 is 0 Å². The third-order valence-corrected chi connectivity index (χ3v) is 5.71. The van der Waals surface area contributed by atoms with Gasteiger partial charge < -0.3 is 14.6 Å². The molecule has 3 aromatic rings. The first-order chi connectivity index (χ1) is 13.1. The Hall–Kier alpha value is -2.44. The number of pyridine rings is 1. The molecule has 0 saturated heterocycles. The van der Waals surface area contributed by atoms with Gasteiger partial charge in [0, 0.05) is 24.3 Å². The van der Waals surface area contributed by atoms with Crippen molar-refractivity contribution in [1.29, 1.82) is 0 Å². The topological polar surface area (TPSA) is 58.4 Å². The maximum absolute atomic E-state index is 14.1. The van der Waals surface area contributed by atoms with Gasteiger partial charge in [0.2, 0.25) is 0 Å². The van der Waals surface area contributed by atoms with Crippen LogP contribution in [0.15, 0.2) is 36.5 Å². The largest absolute Gasteiger partial charge is 0.394 e. The zero-order valence-electron chi connectivity index (χ0n) is 14.4. The lowest BCUT2D eigenvalue weighted by Crippen LogP contribution is -2.50. The third kappa shape index (κ3) is 2.47. The van der Waals surface area contributed by atoms with Crippen LogP contribution in [0.25, 0.3) is 22.2 Å². The second-order valence-corrected chi connectivity index (χ2v) is 7.52. The van der Waals surface area contributed by atoms with Gasteiger partial charge in [0.25, 0.3) is 5.91 Å². The van der Waals surface area contributed by atoms with Gasteiger partial charge in [-0.2, -0.15) is 0 Å². The molecule has 1 fully saturated rings. The van der Waals surface area contributed by atoms with Crippen molar-refractivity contribution in [1.82, 2.24) is 14.5 Å². The number of halogens is 2. The van der Waals surface area contributed by atoms with E-state index in [2.05, 4.69) is 4.98 Å². The van der Waals surface area contributed by atoms with E-state index in [0.717, 1.165) is 18.4 Å². The molecule has 1 unspecified atom stereocenters. The third-order valence-electron chi connectivity index (χ3n) is 5.40. The maximum Gasteiger partial charge on any atom is 0.271 e. The van der Waals surface area contributed by atoms with Crippen molar-refractivity contribution in [2.45, 2.75) is 31.5 Å². The highest BCUT2D eigenvalue weighted by Gasteiger charge is 2.43. The molecule has 5 nitrogen and oxygen atoms in total. The number of amides is 1. The number of aliphatic hydroxyl groups is 1. The molecule has 1 amide bonds. The molecule has 1 aromatic carbocycles. The van der Waals surface area contributed by atoms with Crippen LogP contribution in [0.1, 0.15) is 23.3 Å². The van der Waals surface area contributed by atoms with Crippen molar-refractivity contribution in [2.24, 2.45) is 0 Å². The summed E-state index contributed by atoms with van der Waals surface area (Å²) in [6.07, 6.45) is 3.56. The Bertz CT molecular complexity index is 1080. The van der Waals surface area contributed by atoms with E-state index < -0.39 is 5.82 Å². The molecule has 1 aliphatic heterocycles. The first kappa shape index (κ1) is 16.7. The number of fused-ring (bicyclic) bond motifs is 3. The number of carbonyl (C=O) groups excluding carboxylic acids is 1. The predicted octanol–water partition coefficient (Wildman–Crippen LogP) is 3.47. The first-order valence-electron chi connectivity index (χ1n) is 8.96. The molecule has 1 atom stereocenters. The van der Waals surface area contributed by atoms with Gasteiger partial charge in [0.05, 0.1) is 28.7 Å². The number of benzene rings is 1. The minimum Gasteiger partial charge on any atom is -0.394 e. The molecule has 0 radical (unpaired) electrons. The van der Waals surface area contributed by atoms with Crippen molar-refractivity contribution in [2.75, 3.05) is 6.61 Å². The lowest BCUT2D eigenvalue weighted by Gasteiger charge is -2.36. The van der Waals surface area contributed by atoms with Gasteiger partial charge in [-0.05, 0) is 42.7 Å². The Balaban J connectivity index is 1.80. The molecule has 1 saturated carbocycles. The summed E-state index contributed by atoms with van der Waals surface area (Å²) < 4.78 is 16.1. The fourth-order valence-corrected chi connectivity index (χ4v) is 4.18. The highest BCUT2D eigenvalue weighted by molar-refractivity contribution is 6.30. The maximum atomic E-state index is 14.1. The SMILES string of the molecule is O=C1c2c(-c3ccc(Cl)c(F)c3)c3ncccc3n2CC(CO)N1C1CC1. The number of hydrogen-bond acceptors (Lipinski definition) is 3. The minimum atomic E-state index is -0.534. The standard InChI is InChI=1S/C20H17ClFN3O2/c21-14-6-3-11(8-15(14)22)17-18-16(2-1-7-23-18)24-9-13(10-26)25(12-4-5-12)20(27)19(17)24/h1-3,6-8,12-13,26H,4-5,9-10H2. The molecule has 138 valence electrons. The van der Waals surface area contributed by atoms with Crippen LogP contribution in [0.3, 0.4) is 0 Å². The summed E-state index contributed by atoms with van der Waals surface area (Å²) in [7, 11) is 0. The summed E-state index contributed by atoms with van der Waals surface area (Å²) in [6.45, 7) is 0.402. The van der Waals surface area contributed by atoms with Crippen LogP contribution < -0.4 is 0 Å². The van der Waals surface area contributed by atoms with Gasteiger partial charge in [-0.1, -0.05) is 17.7 Å². The summed E-state index contributed by atoms with van der Waals surface area (Å²) in [5.74, 6) is -0.667. The summed E-state index contributed by atoms with van der Waals surface area (Å²) in [5.41, 5.74) is 3.15. The fraction of sp³-hybridized carbons (Fsp3) is 0.300. The zero-order chi connectivity index (χ0) is 18.7. The predicted molar refractivity (Wildman–Crippen MR) is 100 cm³/mol. The van der Waals surface area contributed by atoms with Gasteiger partial charge in [0.1, 0.15) is 11.5 Å². The monoisotopic (exact) mass is 385 g/mol. The van der Waals surface area contributed by atoms with E-state index in [4.69, 9.17) is 11.6 Å². The Kier molecular flexibility index (Phi) is 3.74. The molecule has 0 spiro atoms. The second kappa shape index (κ2) is 6.04. The number of aliphatic hydroxyl groups excluding tert-OH is 1. The van der Waals surface area contributed by atoms with Gasteiger partial charge in [-0.25, -0.2) is 4.39 Å². The van der Waals surface area contributed by atoms with Crippen LogP contribution in [-0.4, -0.2) is 44.2 Å². The van der Waals surface area contributed by atoms with Crippen molar-refractivity contribution in [3.8, 4) is 11.1 Å². The van der Waals surface area contributed by atoms with Crippen molar-refractivity contribution >= 4 is 28.5 Å². The van der Waals surface area contributed by atoms with Crippen LogP contribution in [-0.2, 0) is 6.54 Å². The Labute approximate surface area is 160 Å². The lowest BCUT2D eigenvalue weighted by atomic mass is 10.0. The number of rotatable bonds is 3. The average Bonchev–Trinajstić information content (AvgIpc) is 3.45. The van der Waals surface area contributed by atoms with E-state index in [-0.39, 0.29) is 29.6 Å². The first-order valence-corrected chi connectivity index (χ1v) is 9.34. The zero-order valence-corrected chi connectivity index (χ0v) is 15.2. The molecule has 1 N–H and O–H groups in total. The Morgan fingerprint density at radius 2 is 2.11 bits per heavy atom. The second-order valence-electron chi connectivity index (χ2n) is 7.11. The van der Waals surface area contributed by atoms with Crippen LogP contribution >= 0.6 is 11.6 Å². The minimum absolute atomic E-state index is 0.0374. The van der Waals surface area contributed by atoms with Gasteiger partial charge in [0.15, 0.2) is 0 Å². The van der Waals surface area contributed by atoms with E-state index in [1.54, 1.807) is 17.2 Å². The van der Waals surface area contributed by atoms with Crippen molar-refractivity contribution < 1.29 is 14.3 Å². The van der Waals surface area contributed by atoms with Gasteiger partial charge in [-0.3, -0.25) is 9.78 Å². The fourth-order valence-electron chi connectivity index (χ4n) is 4.06. The molecule has 2 aliphatic rings. The smallest absolute Gasteiger partial charge is 0.271 e. The van der Waals surface area contributed by atoms with E-state index in [1.807, 2.05) is 16.7 Å². The van der Waals surface area contributed by atoms with Crippen LogP contribution in [0, 0.1) is 5.82 Å². The summed E-state index contributed by atoms with van der Waals surface area (Å²) in [5, 5.41) is 9.89. The normalized spacial score (nSPS) is 19.6. The van der Waals surface area contributed by atoms with Gasteiger partial charge in [-0.15, -0.1) is 0 Å². The van der Waals surface area contributed by atoms with Crippen molar-refractivity contribution in [3.63, 3.8) is 0 Å². The Morgan fingerprint density at radius 3 is 2.81 bits per heavy atom. The molecule has 5 rings (SSSR count). The quantitative estimate of drug-likeness (QED) is 0.751. The summed E-state index contributed by atoms with van der Waals surface area (Å²) in [6, 6.07) is 8.17. The molecular weight excluding hydrogens is 369 g/mol. The van der Waals surface area contributed by atoms with Crippen molar-refractivity contribution in [3.05, 3.63) is 53.1 Å². The molecule has 27 heavy (non-hydrogen) atoms. The van der Waals surface area contributed by atoms with E-state index in [0.29, 0.717) is 28.9 Å². The average molecular weight is 386 g/mol. The number of hydrogen-bond donors (Lipinski definition) is 1. The van der Waals surface area contributed by atoms with E-state index in [1.165, 1.54) is 12.1 Å². The van der Waals surface area contributed by atoms with E-state index >= 15 is 0 Å². The summed E-state index contributed by atoms with van der Waals surface area (Å²) in [4.78, 5) is 19.7. The molecule has 2 aromatic heterocycles. The molecule has 0 bridgehead atoms. The van der Waals surface area contributed by atoms with Crippen LogP contribution in [0.2, 0.25) is 5.02 Å². The highest BCUT2D eigenvalue weighted by atomic mass is 35.5. The number of carbonyl (C=O) groups is 1. The molecule has 1 aliphatic carbocycles. The highest BCUT2D eigenvalue weighted by Crippen LogP contribution is 2.41. The number of aromatic nitrogens is 2. The lowest BCUT2D eigenvalue weighted by molar-refractivity contribution is 0.0466. The van der Waals surface area contributed by atoms with E-state index in [9.17, 15) is 14.3 Å².